The van der Waals surface area contributed by atoms with Gasteiger partial charge in [-0.1, -0.05) is 16.8 Å². The molecule has 110 valence electrons. The summed E-state index contributed by atoms with van der Waals surface area (Å²) in [6.07, 6.45) is 1.93. The number of nitrogens with zero attached hydrogens (tertiary/aromatic N) is 2. The average Bonchev–Trinajstić information content (AvgIpc) is 3.12. The van der Waals surface area contributed by atoms with Crippen LogP contribution in [0.2, 0.25) is 5.02 Å². The first-order valence-electron chi connectivity index (χ1n) is 6.47. The topological polar surface area (TPSA) is 80.0 Å². The molecule has 1 atom stereocenters. The summed E-state index contributed by atoms with van der Waals surface area (Å²) in [7, 11) is 0. The van der Waals surface area contributed by atoms with Gasteiger partial charge in [0.1, 0.15) is 5.82 Å². The Labute approximate surface area is 124 Å². The summed E-state index contributed by atoms with van der Waals surface area (Å²) in [6, 6.07) is 3.88. The second-order valence-corrected chi connectivity index (χ2v) is 5.10. The van der Waals surface area contributed by atoms with Crippen molar-refractivity contribution in [2.75, 3.05) is 11.9 Å². The smallest absolute Gasteiger partial charge is 0.297 e. The van der Waals surface area contributed by atoms with Gasteiger partial charge in [0.25, 0.3) is 11.7 Å². The third kappa shape index (κ3) is 3.03. The lowest BCUT2D eigenvalue weighted by Gasteiger charge is -2.03. The van der Waals surface area contributed by atoms with Crippen LogP contribution in [0.15, 0.2) is 22.7 Å². The van der Waals surface area contributed by atoms with Gasteiger partial charge in [0.2, 0.25) is 5.89 Å². The molecule has 0 saturated carbocycles. The number of anilines is 1. The van der Waals surface area contributed by atoms with Crippen LogP contribution in [0.5, 0.6) is 0 Å². The van der Waals surface area contributed by atoms with Crippen LogP contribution in [0.25, 0.3) is 0 Å². The third-order valence-corrected chi connectivity index (χ3v) is 3.47. The number of halogens is 2. The van der Waals surface area contributed by atoms with Gasteiger partial charge in [-0.2, -0.15) is 4.98 Å². The molecule has 1 aromatic heterocycles. The number of aromatic nitrogens is 2. The number of benzene rings is 1. The Morgan fingerprint density at radius 2 is 2.38 bits per heavy atom. The summed E-state index contributed by atoms with van der Waals surface area (Å²) < 4.78 is 18.1. The first-order valence-corrected chi connectivity index (χ1v) is 6.84. The van der Waals surface area contributed by atoms with Crippen LogP contribution < -0.4 is 10.6 Å². The Kier molecular flexibility index (Phi) is 3.85. The monoisotopic (exact) mass is 310 g/mol. The Hall–Kier alpha value is -1.99. The van der Waals surface area contributed by atoms with Crippen molar-refractivity contribution in [3.8, 4) is 0 Å². The van der Waals surface area contributed by atoms with E-state index >= 15 is 0 Å². The molecule has 2 aromatic rings. The zero-order valence-corrected chi connectivity index (χ0v) is 11.7. The van der Waals surface area contributed by atoms with Crippen molar-refractivity contribution in [3.63, 3.8) is 0 Å². The molecule has 1 saturated heterocycles. The minimum atomic E-state index is -0.552. The minimum absolute atomic E-state index is 0.000634. The van der Waals surface area contributed by atoms with E-state index in [0.717, 1.165) is 19.4 Å². The molecule has 0 bridgehead atoms. The summed E-state index contributed by atoms with van der Waals surface area (Å²) in [5.74, 6) is -0.761. The largest absolute Gasteiger partial charge is 0.337 e. The number of hydrogen-bond donors (Lipinski definition) is 2. The minimum Gasteiger partial charge on any atom is -0.337 e. The number of nitrogens with one attached hydrogen (secondary N) is 2. The highest BCUT2D eigenvalue weighted by molar-refractivity contribution is 6.31. The van der Waals surface area contributed by atoms with Crippen LogP contribution >= 0.6 is 11.6 Å². The van der Waals surface area contributed by atoms with Crippen LogP contribution in [0.4, 0.5) is 10.1 Å². The van der Waals surface area contributed by atoms with Crippen molar-refractivity contribution in [2.24, 2.45) is 0 Å². The molecule has 1 aliphatic heterocycles. The first kappa shape index (κ1) is 14.0. The van der Waals surface area contributed by atoms with E-state index < -0.39 is 11.7 Å². The van der Waals surface area contributed by atoms with E-state index in [1.807, 2.05) is 0 Å². The van der Waals surface area contributed by atoms with Crippen molar-refractivity contribution < 1.29 is 13.7 Å². The van der Waals surface area contributed by atoms with E-state index in [1.54, 1.807) is 0 Å². The van der Waals surface area contributed by atoms with E-state index in [0.29, 0.717) is 11.6 Å². The molecule has 2 N–H and O–H groups in total. The maximum Gasteiger partial charge on any atom is 0.297 e. The van der Waals surface area contributed by atoms with Gasteiger partial charge in [0.15, 0.2) is 0 Å². The van der Waals surface area contributed by atoms with Crippen LogP contribution in [0, 0.1) is 5.82 Å². The number of carbonyl (C=O) groups is 1. The fourth-order valence-electron chi connectivity index (χ4n) is 2.13. The van der Waals surface area contributed by atoms with Crippen molar-refractivity contribution in [1.29, 1.82) is 0 Å². The first-order chi connectivity index (χ1) is 10.1. The summed E-state index contributed by atoms with van der Waals surface area (Å²) in [5.41, 5.74) is 0.358. The molecule has 1 aliphatic rings. The molecule has 6 nitrogen and oxygen atoms in total. The number of hydrogen-bond acceptors (Lipinski definition) is 5. The molecule has 3 rings (SSSR count). The molecule has 0 aliphatic carbocycles. The average molecular weight is 311 g/mol. The lowest BCUT2D eigenvalue weighted by atomic mass is 10.2. The highest BCUT2D eigenvalue weighted by atomic mass is 35.5. The van der Waals surface area contributed by atoms with E-state index in [-0.39, 0.29) is 16.9 Å². The van der Waals surface area contributed by atoms with Gasteiger partial charge >= 0.3 is 0 Å². The zero-order valence-electron chi connectivity index (χ0n) is 10.9. The molecule has 8 heteroatoms. The summed E-state index contributed by atoms with van der Waals surface area (Å²) in [6.45, 7) is 0.892. The predicted octanol–water partition coefficient (Wildman–Crippen LogP) is 2.54. The fraction of sp³-hybridized carbons (Fsp3) is 0.308. The zero-order chi connectivity index (χ0) is 14.8. The maximum atomic E-state index is 13.0. The second kappa shape index (κ2) is 5.79. The Morgan fingerprint density at radius 3 is 3.10 bits per heavy atom. The molecule has 21 heavy (non-hydrogen) atoms. The van der Waals surface area contributed by atoms with Crippen LogP contribution in [-0.4, -0.2) is 22.6 Å². The molecular weight excluding hydrogens is 299 g/mol. The van der Waals surface area contributed by atoms with Crippen molar-refractivity contribution in [2.45, 2.75) is 18.9 Å². The highest BCUT2D eigenvalue weighted by Gasteiger charge is 2.24. The van der Waals surface area contributed by atoms with Crippen molar-refractivity contribution >= 4 is 23.2 Å². The molecule has 1 fully saturated rings. The number of carbonyl (C=O) groups excluding carboxylic acids is 1. The Balaban J connectivity index is 1.71. The van der Waals surface area contributed by atoms with Crippen LogP contribution in [0.3, 0.4) is 0 Å². The molecule has 1 amide bonds. The van der Waals surface area contributed by atoms with Gasteiger partial charge in [-0.05, 0) is 37.6 Å². The molecular formula is C13H12ClFN4O2. The van der Waals surface area contributed by atoms with Gasteiger partial charge in [-0.25, -0.2) is 4.39 Å². The van der Waals surface area contributed by atoms with E-state index in [1.165, 1.54) is 18.2 Å². The number of amides is 1. The van der Waals surface area contributed by atoms with Gasteiger partial charge in [-0.3, -0.25) is 4.79 Å². The highest BCUT2D eigenvalue weighted by Crippen LogP contribution is 2.22. The normalized spacial score (nSPS) is 17.9. The summed E-state index contributed by atoms with van der Waals surface area (Å²) >= 11 is 5.65. The second-order valence-electron chi connectivity index (χ2n) is 4.69. The van der Waals surface area contributed by atoms with E-state index in [4.69, 9.17) is 16.1 Å². The van der Waals surface area contributed by atoms with Crippen molar-refractivity contribution in [3.05, 3.63) is 40.8 Å². The van der Waals surface area contributed by atoms with E-state index in [9.17, 15) is 9.18 Å². The van der Waals surface area contributed by atoms with Gasteiger partial charge in [-0.15, -0.1) is 0 Å². The molecule has 0 radical (unpaired) electrons. The van der Waals surface area contributed by atoms with E-state index in [2.05, 4.69) is 20.8 Å². The summed E-state index contributed by atoms with van der Waals surface area (Å²) in [5, 5.41) is 9.32. The fourth-order valence-corrected chi connectivity index (χ4v) is 2.31. The van der Waals surface area contributed by atoms with Gasteiger partial charge < -0.3 is 15.2 Å². The lowest BCUT2D eigenvalue weighted by Crippen LogP contribution is -2.15. The van der Waals surface area contributed by atoms with Crippen molar-refractivity contribution in [1.82, 2.24) is 15.5 Å². The Bertz CT molecular complexity index is 670. The number of rotatable bonds is 3. The molecule has 1 unspecified atom stereocenters. The molecule has 1 aromatic carbocycles. The summed E-state index contributed by atoms with van der Waals surface area (Å²) in [4.78, 5) is 16.1. The quantitative estimate of drug-likeness (QED) is 0.910. The molecule has 2 heterocycles. The van der Waals surface area contributed by atoms with Gasteiger partial charge in [0, 0.05) is 5.69 Å². The predicted molar refractivity (Wildman–Crippen MR) is 73.6 cm³/mol. The van der Waals surface area contributed by atoms with Gasteiger partial charge in [0.05, 0.1) is 11.1 Å². The SMILES string of the molecule is O=C(Nc1ccc(F)c(Cl)c1)c1noc(C2CCCN2)n1. The maximum absolute atomic E-state index is 13.0. The van der Waals surface area contributed by atoms with Crippen LogP contribution in [0.1, 0.15) is 35.4 Å². The standard InChI is InChI=1S/C13H12ClFN4O2/c14-8-6-7(3-4-9(8)15)17-12(20)11-18-13(21-19-11)10-2-1-5-16-10/h3-4,6,10,16H,1-2,5H2,(H,17,20). The molecule has 0 spiro atoms. The third-order valence-electron chi connectivity index (χ3n) is 3.18. The lowest BCUT2D eigenvalue weighted by molar-refractivity contribution is 0.101. The Morgan fingerprint density at radius 1 is 1.52 bits per heavy atom. The van der Waals surface area contributed by atoms with Crippen LogP contribution in [-0.2, 0) is 0 Å².